The van der Waals surface area contributed by atoms with Crippen molar-refractivity contribution in [3.8, 4) is 0 Å². The van der Waals surface area contributed by atoms with Crippen molar-refractivity contribution in [2.45, 2.75) is 17.5 Å². The summed E-state index contributed by atoms with van der Waals surface area (Å²) in [4.78, 5) is 16.4. The first-order chi connectivity index (χ1) is 13.2. The Bertz CT molecular complexity index is 1060. The summed E-state index contributed by atoms with van der Waals surface area (Å²) in [5.41, 5.74) is 2.34. The molecular weight excluding hydrogens is 369 g/mol. The second-order valence-electron chi connectivity index (χ2n) is 5.67. The Kier molecular flexibility index (Phi) is 4.84. The number of hydrogen-bond donors (Lipinski definition) is 1. The van der Waals surface area contributed by atoms with Crippen LogP contribution in [-0.2, 0) is 17.1 Å². The van der Waals surface area contributed by atoms with E-state index < -0.39 is 5.82 Å². The Morgan fingerprint density at radius 2 is 2.00 bits per heavy atom. The van der Waals surface area contributed by atoms with Crippen LogP contribution in [0.5, 0.6) is 0 Å². The van der Waals surface area contributed by atoms with Crippen LogP contribution in [0.25, 0.3) is 11.1 Å². The summed E-state index contributed by atoms with van der Waals surface area (Å²) in [7, 11) is 0. The van der Waals surface area contributed by atoms with E-state index in [2.05, 4.69) is 20.6 Å². The van der Waals surface area contributed by atoms with Gasteiger partial charge < -0.3 is 9.73 Å². The van der Waals surface area contributed by atoms with E-state index in [-0.39, 0.29) is 18.1 Å². The van der Waals surface area contributed by atoms with E-state index in [4.69, 9.17) is 4.42 Å². The second kappa shape index (κ2) is 7.58. The smallest absolute Gasteiger partial charge is 0.257 e. The van der Waals surface area contributed by atoms with E-state index in [1.54, 1.807) is 18.3 Å². The van der Waals surface area contributed by atoms with Crippen LogP contribution in [0.2, 0.25) is 0 Å². The maximum absolute atomic E-state index is 13.6. The van der Waals surface area contributed by atoms with Gasteiger partial charge in [-0.2, -0.15) is 0 Å². The Balaban J connectivity index is 1.34. The minimum atomic E-state index is -0.486. The molecule has 0 aliphatic rings. The van der Waals surface area contributed by atoms with Crippen molar-refractivity contribution in [3.05, 3.63) is 66.2 Å². The van der Waals surface area contributed by atoms with Crippen LogP contribution >= 0.6 is 11.8 Å². The molecule has 2 heterocycles. The lowest BCUT2D eigenvalue weighted by molar-refractivity contribution is -0.116. The van der Waals surface area contributed by atoms with Gasteiger partial charge in [0.2, 0.25) is 5.91 Å². The van der Waals surface area contributed by atoms with Gasteiger partial charge in [0, 0.05) is 11.9 Å². The molecule has 1 N–H and O–H groups in total. The van der Waals surface area contributed by atoms with Crippen molar-refractivity contribution < 1.29 is 13.6 Å². The van der Waals surface area contributed by atoms with Crippen LogP contribution in [0.1, 0.15) is 5.69 Å². The van der Waals surface area contributed by atoms with E-state index in [0.29, 0.717) is 16.7 Å². The summed E-state index contributed by atoms with van der Waals surface area (Å²) in [5, 5.41) is 11.0. The molecule has 0 unspecified atom stereocenters. The lowest BCUT2D eigenvalue weighted by atomic mass is 10.3. The van der Waals surface area contributed by atoms with Crippen LogP contribution in [0, 0.1) is 5.82 Å². The summed E-state index contributed by atoms with van der Waals surface area (Å²) < 4.78 is 20.6. The molecule has 7 nitrogen and oxygen atoms in total. The number of fused-ring (bicyclic) bond motifs is 1. The highest BCUT2D eigenvalue weighted by Crippen LogP contribution is 2.25. The number of rotatable bonds is 6. The van der Waals surface area contributed by atoms with E-state index in [9.17, 15) is 9.18 Å². The van der Waals surface area contributed by atoms with Gasteiger partial charge in [0.15, 0.2) is 5.58 Å². The highest BCUT2D eigenvalue weighted by molar-refractivity contribution is 7.98. The average molecular weight is 383 g/mol. The number of amides is 1. The Morgan fingerprint density at radius 1 is 1.19 bits per heavy atom. The normalized spacial score (nSPS) is 11.0. The van der Waals surface area contributed by atoms with Crippen molar-refractivity contribution >= 4 is 34.5 Å². The van der Waals surface area contributed by atoms with Gasteiger partial charge in [0.05, 0.1) is 11.4 Å². The Morgan fingerprint density at radius 3 is 2.85 bits per heavy atom. The minimum absolute atomic E-state index is 0.0606. The highest BCUT2D eigenvalue weighted by atomic mass is 32.2. The zero-order valence-electron chi connectivity index (χ0n) is 14.0. The van der Waals surface area contributed by atoms with Gasteiger partial charge in [-0.25, -0.2) is 14.1 Å². The molecule has 9 heteroatoms. The van der Waals surface area contributed by atoms with Crippen molar-refractivity contribution in [2.24, 2.45) is 0 Å². The van der Waals surface area contributed by atoms with Gasteiger partial charge in [0.25, 0.3) is 5.22 Å². The van der Waals surface area contributed by atoms with Crippen molar-refractivity contribution in [3.63, 3.8) is 0 Å². The van der Waals surface area contributed by atoms with Gasteiger partial charge >= 0.3 is 0 Å². The van der Waals surface area contributed by atoms with E-state index in [0.717, 1.165) is 11.1 Å². The fourth-order valence-corrected chi connectivity index (χ4v) is 3.15. The van der Waals surface area contributed by atoms with Gasteiger partial charge in [-0.3, -0.25) is 4.79 Å². The van der Waals surface area contributed by atoms with Gasteiger partial charge in [-0.15, -0.1) is 5.10 Å². The van der Waals surface area contributed by atoms with Crippen molar-refractivity contribution in [1.29, 1.82) is 0 Å². The molecule has 27 heavy (non-hydrogen) atoms. The standard InChI is InChI=1S/C18H14FN5O2S/c19-13-5-1-2-6-14(13)20-17(25)10-24-9-12(22-23-24)11-27-18-21-15-7-3-4-8-16(15)26-18/h1-9H,10-11H2,(H,20,25). The van der Waals surface area contributed by atoms with Crippen molar-refractivity contribution in [1.82, 2.24) is 20.0 Å². The molecule has 0 atom stereocenters. The molecule has 0 saturated heterocycles. The third-order valence-corrected chi connectivity index (χ3v) is 4.52. The summed E-state index contributed by atoms with van der Waals surface area (Å²) in [6.07, 6.45) is 1.66. The number of para-hydroxylation sites is 3. The van der Waals surface area contributed by atoms with Crippen LogP contribution in [-0.4, -0.2) is 25.9 Å². The van der Waals surface area contributed by atoms with E-state index in [1.165, 1.54) is 28.6 Å². The maximum Gasteiger partial charge on any atom is 0.257 e. The SMILES string of the molecule is O=C(Cn1cc(CSc2nc3ccccc3o2)nn1)Nc1ccccc1F. The number of anilines is 1. The number of nitrogens with one attached hydrogen (secondary N) is 1. The van der Waals surface area contributed by atoms with Crippen molar-refractivity contribution in [2.75, 3.05) is 5.32 Å². The Labute approximate surface area is 157 Å². The third-order valence-electron chi connectivity index (χ3n) is 3.66. The molecule has 0 aliphatic carbocycles. The summed E-state index contributed by atoms with van der Waals surface area (Å²) in [6.45, 7) is -0.0606. The van der Waals surface area contributed by atoms with Crippen LogP contribution in [0.15, 0.2) is 64.4 Å². The lowest BCUT2D eigenvalue weighted by Gasteiger charge is -2.05. The largest absolute Gasteiger partial charge is 0.431 e. The van der Waals surface area contributed by atoms with Gasteiger partial charge in [0.1, 0.15) is 17.9 Å². The third kappa shape index (κ3) is 4.14. The van der Waals surface area contributed by atoms with E-state index >= 15 is 0 Å². The number of nitrogens with zero attached hydrogens (tertiary/aromatic N) is 4. The van der Waals surface area contributed by atoms with Crippen LogP contribution in [0.3, 0.4) is 0 Å². The topological polar surface area (TPSA) is 85.8 Å². The minimum Gasteiger partial charge on any atom is -0.431 e. The maximum atomic E-state index is 13.6. The highest BCUT2D eigenvalue weighted by Gasteiger charge is 2.11. The molecular formula is C18H14FN5O2S. The average Bonchev–Trinajstić information content (AvgIpc) is 3.28. The fourth-order valence-electron chi connectivity index (χ4n) is 2.43. The monoisotopic (exact) mass is 383 g/mol. The van der Waals surface area contributed by atoms with Crippen LogP contribution < -0.4 is 5.32 Å². The first-order valence-electron chi connectivity index (χ1n) is 8.09. The summed E-state index contributed by atoms with van der Waals surface area (Å²) in [5.74, 6) is -0.370. The molecule has 1 amide bonds. The quantitative estimate of drug-likeness (QED) is 0.513. The molecule has 136 valence electrons. The number of carbonyl (C=O) groups is 1. The number of thioether (sulfide) groups is 1. The molecule has 0 fully saturated rings. The number of hydrogen-bond acceptors (Lipinski definition) is 6. The lowest BCUT2D eigenvalue weighted by Crippen LogP contribution is -2.19. The second-order valence-corrected chi connectivity index (χ2v) is 6.60. The zero-order chi connectivity index (χ0) is 18.6. The molecule has 0 aliphatic heterocycles. The van der Waals surface area contributed by atoms with Gasteiger partial charge in [-0.1, -0.05) is 41.2 Å². The molecule has 4 rings (SSSR count). The fraction of sp³-hybridized carbons (Fsp3) is 0.111. The van der Waals surface area contributed by atoms with Crippen LogP contribution in [0.4, 0.5) is 10.1 Å². The first kappa shape index (κ1) is 17.2. The number of benzene rings is 2. The molecule has 2 aromatic carbocycles. The molecule has 0 spiro atoms. The number of oxazole rings is 1. The molecule has 0 bridgehead atoms. The summed E-state index contributed by atoms with van der Waals surface area (Å²) in [6, 6.07) is 13.5. The van der Waals surface area contributed by atoms with E-state index in [1.807, 2.05) is 24.3 Å². The Hall–Kier alpha value is -3.20. The number of halogens is 1. The zero-order valence-corrected chi connectivity index (χ0v) is 14.8. The molecule has 4 aromatic rings. The predicted octanol–water partition coefficient (Wildman–Crippen LogP) is 3.49. The first-order valence-corrected chi connectivity index (χ1v) is 9.08. The molecule has 0 radical (unpaired) electrons. The number of carbonyl (C=O) groups excluding carboxylic acids is 1. The van der Waals surface area contributed by atoms with Gasteiger partial charge in [-0.05, 0) is 24.3 Å². The predicted molar refractivity (Wildman–Crippen MR) is 98.6 cm³/mol. The molecule has 0 saturated carbocycles. The number of aromatic nitrogens is 4. The summed E-state index contributed by atoms with van der Waals surface area (Å²) >= 11 is 1.39. The molecule has 2 aromatic heterocycles.